The van der Waals surface area contributed by atoms with Gasteiger partial charge in [0.1, 0.15) is 0 Å². The van der Waals surface area contributed by atoms with Gasteiger partial charge in [0.2, 0.25) is 0 Å². The van der Waals surface area contributed by atoms with Crippen molar-refractivity contribution in [1.29, 1.82) is 0 Å². The minimum absolute atomic E-state index is 0.0745. The molecule has 0 aromatic heterocycles. The monoisotopic (exact) mass is 275 g/mol. The molecule has 3 heteroatoms. The molecular formula is C17H25NO2. The number of rotatable bonds is 2. The highest BCUT2D eigenvalue weighted by molar-refractivity contribution is 5.14. The maximum Gasteiger partial charge on any atom is 0.0734 e. The van der Waals surface area contributed by atoms with Gasteiger partial charge in [-0.3, -0.25) is 4.90 Å². The summed E-state index contributed by atoms with van der Waals surface area (Å²) in [6, 6.07) is 10.6. The molecule has 1 atom stereocenters. The first kappa shape index (κ1) is 14.1. The van der Waals surface area contributed by atoms with Gasteiger partial charge in [0, 0.05) is 26.1 Å². The Morgan fingerprint density at radius 3 is 2.50 bits per heavy atom. The lowest BCUT2D eigenvalue weighted by molar-refractivity contribution is -0.173. The highest BCUT2D eigenvalue weighted by Gasteiger charge is 2.44. The van der Waals surface area contributed by atoms with E-state index < -0.39 is 5.60 Å². The molecule has 20 heavy (non-hydrogen) atoms. The molecule has 0 amide bonds. The molecule has 1 spiro atoms. The first-order chi connectivity index (χ1) is 9.57. The third-order valence-electron chi connectivity index (χ3n) is 4.77. The second kappa shape index (κ2) is 5.47. The first-order valence-corrected chi connectivity index (χ1v) is 7.70. The standard InChI is InChI=1S/C17H25NO2/c1-16(19)9-12-20-17(14-16)7-10-18(11-8-17)13-15-5-3-2-4-6-15/h2-6,19H,7-14H2,1H3. The van der Waals surface area contributed by atoms with Gasteiger partial charge in [-0.2, -0.15) is 0 Å². The van der Waals surface area contributed by atoms with Crippen LogP contribution in [0.5, 0.6) is 0 Å². The first-order valence-electron chi connectivity index (χ1n) is 7.70. The molecule has 1 aromatic carbocycles. The van der Waals surface area contributed by atoms with E-state index in [0.29, 0.717) is 6.61 Å². The van der Waals surface area contributed by atoms with Crippen LogP contribution in [0.4, 0.5) is 0 Å². The van der Waals surface area contributed by atoms with Crippen molar-refractivity contribution in [2.75, 3.05) is 19.7 Å². The van der Waals surface area contributed by atoms with E-state index in [2.05, 4.69) is 35.2 Å². The summed E-state index contributed by atoms with van der Waals surface area (Å²) in [6.07, 6.45) is 3.63. The van der Waals surface area contributed by atoms with Gasteiger partial charge in [0.25, 0.3) is 0 Å². The number of ether oxygens (including phenoxy) is 1. The Morgan fingerprint density at radius 1 is 1.15 bits per heavy atom. The van der Waals surface area contributed by atoms with Crippen LogP contribution in [0.3, 0.4) is 0 Å². The fraction of sp³-hybridized carbons (Fsp3) is 0.647. The van der Waals surface area contributed by atoms with Crippen LogP contribution in [0.2, 0.25) is 0 Å². The molecule has 110 valence electrons. The highest BCUT2D eigenvalue weighted by Crippen LogP contribution is 2.39. The van der Waals surface area contributed by atoms with Crippen LogP contribution in [-0.4, -0.2) is 40.9 Å². The molecular weight excluding hydrogens is 250 g/mol. The topological polar surface area (TPSA) is 32.7 Å². The van der Waals surface area contributed by atoms with Crippen LogP contribution < -0.4 is 0 Å². The van der Waals surface area contributed by atoms with Crippen LogP contribution in [0.25, 0.3) is 0 Å². The van der Waals surface area contributed by atoms with Gasteiger partial charge in [-0.1, -0.05) is 30.3 Å². The summed E-state index contributed by atoms with van der Waals surface area (Å²) in [5.41, 5.74) is 0.759. The fourth-order valence-electron chi connectivity index (χ4n) is 3.60. The van der Waals surface area contributed by atoms with E-state index in [1.807, 2.05) is 6.92 Å². The summed E-state index contributed by atoms with van der Waals surface area (Å²) < 4.78 is 6.05. The molecule has 1 unspecified atom stereocenters. The highest BCUT2D eigenvalue weighted by atomic mass is 16.5. The normalized spacial score (nSPS) is 30.5. The second-order valence-electron chi connectivity index (χ2n) is 6.72. The summed E-state index contributed by atoms with van der Waals surface area (Å²) in [5.74, 6) is 0. The SMILES string of the molecule is CC1(O)CCOC2(CCN(Cc3ccccc3)CC2)C1. The zero-order valence-electron chi connectivity index (χ0n) is 12.3. The van der Waals surface area contributed by atoms with E-state index in [9.17, 15) is 5.11 Å². The van der Waals surface area contributed by atoms with Gasteiger partial charge < -0.3 is 9.84 Å². The lowest BCUT2D eigenvalue weighted by Crippen LogP contribution is -2.53. The average molecular weight is 275 g/mol. The fourth-order valence-corrected chi connectivity index (χ4v) is 3.60. The number of likely N-dealkylation sites (tertiary alicyclic amines) is 1. The Hall–Kier alpha value is -0.900. The molecule has 2 aliphatic heterocycles. The Labute approximate surface area is 121 Å². The minimum Gasteiger partial charge on any atom is -0.390 e. The third kappa shape index (κ3) is 3.22. The quantitative estimate of drug-likeness (QED) is 0.900. The molecule has 2 saturated heterocycles. The summed E-state index contributed by atoms with van der Waals surface area (Å²) in [4.78, 5) is 2.49. The number of hydrogen-bond acceptors (Lipinski definition) is 3. The Balaban J connectivity index is 1.57. The Kier molecular flexibility index (Phi) is 3.85. The van der Waals surface area contributed by atoms with Crippen LogP contribution in [0.1, 0.15) is 38.2 Å². The van der Waals surface area contributed by atoms with E-state index in [-0.39, 0.29) is 5.60 Å². The summed E-state index contributed by atoms with van der Waals surface area (Å²) in [7, 11) is 0. The predicted octanol–water partition coefficient (Wildman–Crippen LogP) is 2.58. The van der Waals surface area contributed by atoms with E-state index in [0.717, 1.165) is 45.3 Å². The summed E-state index contributed by atoms with van der Waals surface area (Å²) >= 11 is 0. The van der Waals surface area contributed by atoms with Crippen molar-refractivity contribution in [2.24, 2.45) is 0 Å². The van der Waals surface area contributed by atoms with Crippen LogP contribution in [0.15, 0.2) is 30.3 Å². The maximum atomic E-state index is 10.3. The molecule has 2 heterocycles. The Morgan fingerprint density at radius 2 is 1.85 bits per heavy atom. The van der Waals surface area contributed by atoms with Gasteiger partial charge in [0.05, 0.1) is 17.8 Å². The second-order valence-corrected chi connectivity index (χ2v) is 6.72. The maximum absolute atomic E-state index is 10.3. The molecule has 3 rings (SSSR count). The van der Waals surface area contributed by atoms with Crippen molar-refractivity contribution in [3.8, 4) is 0 Å². The molecule has 2 aliphatic rings. The lowest BCUT2D eigenvalue weighted by Gasteiger charge is -2.48. The van der Waals surface area contributed by atoms with Crippen LogP contribution in [0, 0.1) is 0 Å². The number of hydrogen-bond donors (Lipinski definition) is 1. The largest absolute Gasteiger partial charge is 0.390 e. The van der Waals surface area contributed by atoms with Crippen LogP contribution in [-0.2, 0) is 11.3 Å². The molecule has 1 aromatic rings. The third-order valence-corrected chi connectivity index (χ3v) is 4.77. The number of aliphatic hydroxyl groups is 1. The van der Waals surface area contributed by atoms with Crippen molar-refractivity contribution < 1.29 is 9.84 Å². The van der Waals surface area contributed by atoms with Gasteiger partial charge in [-0.05, 0) is 31.7 Å². The van der Waals surface area contributed by atoms with Crippen molar-refractivity contribution in [2.45, 2.75) is 50.4 Å². The number of piperidine rings is 1. The molecule has 2 fully saturated rings. The van der Waals surface area contributed by atoms with Crippen molar-refractivity contribution in [3.63, 3.8) is 0 Å². The van der Waals surface area contributed by atoms with Gasteiger partial charge in [0.15, 0.2) is 0 Å². The summed E-state index contributed by atoms with van der Waals surface area (Å²) in [5, 5.41) is 10.3. The predicted molar refractivity (Wildman–Crippen MR) is 79.5 cm³/mol. The average Bonchev–Trinajstić information content (AvgIpc) is 2.42. The molecule has 3 nitrogen and oxygen atoms in total. The molecule has 1 N–H and O–H groups in total. The van der Waals surface area contributed by atoms with E-state index >= 15 is 0 Å². The van der Waals surface area contributed by atoms with E-state index in [4.69, 9.17) is 4.74 Å². The van der Waals surface area contributed by atoms with Crippen molar-refractivity contribution in [1.82, 2.24) is 4.90 Å². The summed E-state index contributed by atoms with van der Waals surface area (Å²) in [6.45, 7) is 5.79. The smallest absolute Gasteiger partial charge is 0.0734 e. The van der Waals surface area contributed by atoms with Gasteiger partial charge in [-0.25, -0.2) is 0 Å². The number of benzene rings is 1. The van der Waals surface area contributed by atoms with Crippen molar-refractivity contribution >= 4 is 0 Å². The van der Waals surface area contributed by atoms with Gasteiger partial charge >= 0.3 is 0 Å². The van der Waals surface area contributed by atoms with Crippen LogP contribution >= 0.6 is 0 Å². The van der Waals surface area contributed by atoms with E-state index in [1.165, 1.54) is 5.56 Å². The zero-order chi connectivity index (χ0) is 14.1. The molecule has 0 radical (unpaired) electrons. The van der Waals surface area contributed by atoms with Gasteiger partial charge in [-0.15, -0.1) is 0 Å². The minimum atomic E-state index is -0.542. The lowest BCUT2D eigenvalue weighted by atomic mass is 9.78. The molecule has 0 saturated carbocycles. The molecule has 0 aliphatic carbocycles. The Bertz CT molecular complexity index is 436. The molecule has 0 bridgehead atoms. The zero-order valence-corrected chi connectivity index (χ0v) is 12.3. The number of nitrogens with zero attached hydrogens (tertiary/aromatic N) is 1. The van der Waals surface area contributed by atoms with E-state index in [1.54, 1.807) is 0 Å². The van der Waals surface area contributed by atoms with Crippen molar-refractivity contribution in [3.05, 3.63) is 35.9 Å².